The van der Waals surface area contributed by atoms with Crippen molar-refractivity contribution in [3.05, 3.63) is 48.6 Å². The number of rotatable bonds is 38. The van der Waals surface area contributed by atoms with Crippen molar-refractivity contribution in [2.24, 2.45) is 5.73 Å². The summed E-state index contributed by atoms with van der Waals surface area (Å²) < 4.78 is 13.4. The summed E-state index contributed by atoms with van der Waals surface area (Å²) in [6.07, 6.45) is 57.0. The molecule has 1 rings (SSSR count). The molecule has 0 aromatic rings. The van der Waals surface area contributed by atoms with Crippen LogP contribution in [0, 0.1) is 0 Å². The van der Waals surface area contributed by atoms with Crippen LogP contribution >= 0.6 is 0 Å². The Morgan fingerprint density at radius 2 is 0.941 bits per heavy atom. The smallest absolute Gasteiger partial charge is 0.168 e. The molecule has 0 aromatic carbocycles. The molecule has 51 heavy (non-hydrogen) atoms. The van der Waals surface area contributed by atoms with Crippen LogP contribution in [0.5, 0.6) is 0 Å². The van der Waals surface area contributed by atoms with Crippen molar-refractivity contribution in [2.45, 2.75) is 218 Å². The second kappa shape index (κ2) is 37.1. The van der Waals surface area contributed by atoms with Gasteiger partial charge >= 0.3 is 0 Å². The number of allylic oxidation sites excluding steroid dienone is 8. The first-order valence-corrected chi connectivity index (χ1v) is 22.5. The molecule has 1 aliphatic rings. The lowest BCUT2D eigenvalue weighted by molar-refractivity contribution is -0.180. The molecule has 1 saturated heterocycles. The molecule has 0 aliphatic carbocycles. The van der Waals surface area contributed by atoms with Crippen LogP contribution in [0.25, 0.3) is 0 Å². The molecule has 0 spiro atoms. The maximum Gasteiger partial charge on any atom is 0.168 e. The van der Waals surface area contributed by atoms with Crippen molar-refractivity contribution in [3.63, 3.8) is 0 Å². The summed E-state index contributed by atoms with van der Waals surface area (Å²) in [6, 6.07) is 0. The standard InChI is InChI=1S/C47H88N2O2/c1-4-6-8-10-12-14-16-18-20-22-24-26-28-30-32-36-40-47(50-45-46(51-47)44-49(3)43-39-35-34-38-42-48)41-37-33-31-29-27-25-23-21-19-17-15-13-11-9-7-5-2/h12-15,18-21,46H,4-11,16-17,22-45,48H2,1-3H3/b14-12-,15-13-,20-18-,21-19-. The summed E-state index contributed by atoms with van der Waals surface area (Å²) in [5.74, 6) is -0.350. The van der Waals surface area contributed by atoms with Crippen LogP contribution in [-0.4, -0.2) is 50.1 Å². The minimum Gasteiger partial charge on any atom is -0.347 e. The van der Waals surface area contributed by atoms with Crippen molar-refractivity contribution in [2.75, 3.05) is 33.3 Å². The molecule has 0 amide bonds. The van der Waals surface area contributed by atoms with Gasteiger partial charge in [-0.25, -0.2) is 0 Å². The molecule has 1 aliphatic heterocycles. The Labute approximate surface area is 319 Å². The number of nitrogens with two attached hydrogens (primary N) is 1. The summed E-state index contributed by atoms with van der Waals surface area (Å²) in [5.41, 5.74) is 5.67. The van der Waals surface area contributed by atoms with Crippen molar-refractivity contribution in [1.82, 2.24) is 4.90 Å². The van der Waals surface area contributed by atoms with Crippen LogP contribution in [-0.2, 0) is 9.47 Å². The molecule has 1 heterocycles. The van der Waals surface area contributed by atoms with Gasteiger partial charge in [-0.15, -0.1) is 0 Å². The highest BCUT2D eigenvalue weighted by Crippen LogP contribution is 2.35. The van der Waals surface area contributed by atoms with Gasteiger partial charge in [-0.3, -0.25) is 0 Å². The SMILES string of the molecule is CCCCC/C=C\C/C=C\CCCCCCCCC1(CCCCCCCC/C=C\C/C=C\CCCCC)OCC(CN(C)CCCCCCN)O1. The van der Waals surface area contributed by atoms with Gasteiger partial charge < -0.3 is 20.1 Å². The third-order valence-corrected chi connectivity index (χ3v) is 10.4. The van der Waals surface area contributed by atoms with E-state index in [0.29, 0.717) is 0 Å². The van der Waals surface area contributed by atoms with Crippen molar-refractivity contribution < 1.29 is 9.47 Å². The Hall–Kier alpha value is -1.20. The lowest BCUT2D eigenvalue weighted by Crippen LogP contribution is -2.35. The average Bonchev–Trinajstić information content (AvgIpc) is 3.53. The van der Waals surface area contributed by atoms with Gasteiger partial charge in [0.25, 0.3) is 0 Å². The second-order valence-electron chi connectivity index (χ2n) is 15.6. The molecular formula is C47H88N2O2. The molecule has 4 nitrogen and oxygen atoms in total. The Balaban J connectivity index is 2.29. The molecule has 1 fully saturated rings. The summed E-state index contributed by atoms with van der Waals surface area (Å²) in [4.78, 5) is 2.45. The zero-order valence-corrected chi connectivity index (χ0v) is 34.6. The predicted octanol–water partition coefficient (Wildman–Crippen LogP) is 14.0. The highest BCUT2D eigenvalue weighted by Gasteiger charge is 2.40. The third kappa shape index (κ3) is 30.9. The number of nitrogens with zero attached hydrogens (tertiary/aromatic N) is 1. The van der Waals surface area contributed by atoms with Crippen LogP contribution in [0.15, 0.2) is 48.6 Å². The fourth-order valence-electron chi connectivity index (χ4n) is 7.18. The third-order valence-electron chi connectivity index (χ3n) is 10.4. The van der Waals surface area contributed by atoms with E-state index in [0.717, 1.165) is 58.3 Å². The van der Waals surface area contributed by atoms with E-state index in [-0.39, 0.29) is 11.9 Å². The molecule has 1 atom stereocenters. The highest BCUT2D eigenvalue weighted by atomic mass is 16.7. The maximum atomic E-state index is 6.81. The largest absolute Gasteiger partial charge is 0.347 e. The van der Waals surface area contributed by atoms with E-state index in [1.165, 1.54) is 161 Å². The van der Waals surface area contributed by atoms with Crippen molar-refractivity contribution in [3.8, 4) is 0 Å². The minimum atomic E-state index is -0.350. The summed E-state index contributed by atoms with van der Waals surface area (Å²) in [6.45, 7) is 8.22. The quantitative estimate of drug-likeness (QED) is 0.0511. The fourth-order valence-corrected chi connectivity index (χ4v) is 7.18. The van der Waals surface area contributed by atoms with E-state index >= 15 is 0 Å². The highest BCUT2D eigenvalue weighted by molar-refractivity contribution is 4.93. The Morgan fingerprint density at radius 3 is 1.41 bits per heavy atom. The Morgan fingerprint density at radius 1 is 0.529 bits per heavy atom. The van der Waals surface area contributed by atoms with E-state index in [1.54, 1.807) is 0 Å². The first-order chi connectivity index (χ1) is 25.2. The van der Waals surface area contributed by atoms with Gasteiger partial charge in [0.2, 0.25) is 0 Å². The number of likely N-dealkylation sites (N-methyl/N-ethyl adjacent to an activating group) is 1. The van der Waals surface area contributed by atoms with Crippen LogP contribution < -0.4 is 5.73 Å². The molecule has 0 saturated carbocycles. The molecule has 2 N–H and O–H groups in total. The summed E-state index contributed by atoms with van der Waals surface area (Å²) >= 11 is 0. The molecule has 298 valence electrons. The van der Waals surface area contributed by atoms with Crippen LogP contribution in [0.3, 0.4) is 0 Å². The van der Waals surface area contributed by atoms with E-state index in [2.05, 4.69) is 74.4 Å². The minimum absolute atomic E-state index is 0.202. The number of ether oxygens (including phenoxy) is 2. The number of unbranched alkanes of at least 4 members (excludes halogenated alkanes) is 21. The normalized spacial score (nSPS) is 16.5. The Kier molecular flexibility index (Phi) is 34.8. The van der Waals surface area contributed by atoms with Gasteiger partial charge in [-0.1, -0.05) is 152 Å². The lowest BCUT2D eigenvalue weighted by Gasteiger charge is -2.29. The predicted molar refractivity (Wildman–Crippen MR) is 227 cm³/mol. The fraction of sp³-hybridized carbons (Fsp3) is 0.830. The topological polar surface area (TPSA) is 47.7 Å². The van der Waals surface area contributed by atoms with E-state index in [9.17, 15) is 0 Å². The van der Waals surface area contributed by atoms with E-state index in [1.807, 2.05) is 0 Å². The molecule has 0 aromatic heterocycles. The van der Waals surface area contributed by atoms with Crippen LogP contribution in [0.2, 0.25) is 0 Å². The van der Waals surface area contributed by atoms with Crippen LogP contribution in [0.1, 0.15) is 206 Å². The van der Waals surface area contributed by atoms with E-state index < -0.39 is 0 Å². The molecule has 1 unspecified atom stereocenters. The van der Waals surface area contributed by atoms with Gasteiger partial charge in [0.15, 0.2) is 5.79 Å². The van der Waals surface area contributed by atoms with Gasteiger partial charge in [-0.05, 0) is 110 Å². The molecule has 4 heteroatoms. The lowest BCUT2D eigenvalue weighted by atomic mass is 9.98. The molecule has 0 radical (unpaired) electrons. The maximum absolute atomic E-state index is 6.81. The van der Waals surface area contributed by atoms with Gasteiger partial charge in [0.1, 0.15) is 0 Å². The number of hydrogen-bond donors (Lipinski definition) is 1. The summed E-state index contributed by atoms with van der Waals surface area (Å²) in [5, 5.41) is 0. The molecular weight excluding hydrogens is 625 g/mol. The van der Waals surface area contributed by atoms with Crippen LogP contribution in [0.4, 0.5) is 0 Å². The summed E-state index contributed by atoms with van der Waals surface area (Å²) in [7, 11) is 2.25. The second-order valence-corrected chi connectivity index (χ2v) is 15.6. The first-order valence-electron chi connectivity index (χ1n) is 22.5. The van der Waals surface area contributed by atoms with Gasteiger partial charge in [0, 0.05) is 19.4 Å². The van der Waals surface area contributed by atoms with Gasteiger partial charge in [0.05, 0.1) is 12.7 Å². The molecule has 0 bridgehead atoms. The first kappa shape index (κ1) is 47.8. The van der Waals surface area contributed by atoms with Crippen molar-refractivity contribution in [1.29, 1.82) is 0 Å². The average molecular weight is 713 g/mol. The monoisotopic (exact) mass is 713 g/mol. The van der Waals surface area contributed by atoms with Crippen molar-refractivity contribution >= 4 is 0 Å². The van der Waals surface area contributed by atoms with Gasteiger partial charge in [-0.2, -0.15) is 0 Å². The Bertz CT molecular complexity index is 786. The number of hydrogen-bond acceptors (Lipinski definition) is 4. The zero-order valence-electron chi connectivity index (χ0n) is 34.6. The van der Waals surface area contributed by atoms with E-state index in [4.69, 9.17) is 15.2 Å². The zero-order chi connectivity index (χ0) is 36.8.